The summed E-state index contributed by atoms with van der Waals surface area (Å²) >= 11 is 5.81. The maximum Gasteiger partial charge on any atom is 0.283 e. The first-order valence-electron chi connectivity index (χ1n) is 6.81. The fourth-order valence-corrected chi connectivity index (χ4v) is 2.64. The largest absolute Gasteiger partial charge is 0.446 e. The molecule has 0 radical (unpaired) electrons. The number of halogens is 2. The van der Waals surface area contributed by atoms with Crippen LogP contribution in [0.1, 0.15) is 17.4 Å². The number of aryl methyl sites for hydroxylation is 1. The summed E-state index contributed by atoms with van der Waals surface area (Å²) in [4.78, 5) is 22.4. The number of nitrogens with zero attached hydrogens (tertiary/aromatic N) is 4. The van der Waals surface area contributed by atoms with E-state index in [1.165, 1.54) is 17.6 Å². The molecule has 0 spiro atoms. The number of carbonyl (C=O) groups is 1. The number of hydrogen-bond donors (Lipinski definition) is 0. The molecule has 3 rings (SSSR count). The predicted molar refractivity (Wildman–Crippen MR) is 86.3 cm³/mol. The smallest absolute Gasteiger partial charge is 0.283 e. The van der Waals surface area contributed by atoms with Gasteiger partial charge in [0.05, 0.1) is 12.1 Å². The Morgan fingerprint density at radius 3 is 2.83 bits per heavy atom. The Morgan fingerprint density at radius 1 is 1.42 bits per heavy atom. The van der Waals surface area contributed by atoms with Crippen molar-refractivity contribution >= 4 is 34.1 Å². The second-order valence-electron chi connectivity index (χ2n) is 4.98. The van der Waals surface area contributed by atoms with Crippen molar-refractivity contribution in [1.82, 2.24) is 14.5 Å². The van der Waals surface area contributed by atoms with E-state index in [1.807, 2.05) is 0 Å². The van der Waals surface area contributed by atoms with Crippen molar-refractivity contribution in [3.8, 4) is 11.6 Å². The Labute approximate surface area is 141 Å². The Hall–Kier alpha value is -2.98. The van der Waals surface area contributed by atoms with E-state index in [4.69, 9.17) is 22.9 Å². The minimum absolute atomic E-state index is 0.0740. The molecular formula is C16H10ClFN4O2. The summed E-state index contributed by atoms with van der Waals surface area (Å²) < 4.78 is 21.6. The van der Waals surface area contributed by atoms with Crippen LogP contribution in [0.4, 0.5) is 10.1 Å². The van der Waals surface area contributed by atoms with Gasteiger partial charge in [-0.1, -0.05) is 11.6 Å². The highest BCUT2D eigenvalue weighted by Gasteiger charge is 2.19. The van der Waals surface area contributed by atoms with Crippen LogP contribution in [-0.2, 0) is 0 Å². The van der Waals surface area contributed by atoms with Crippen LogP contribution in [0.3, 0.4) is 0 Å². The molecule has 24 heavy (non-hydrogen) atoms. The third kappa shape index (κ3) is 2.47. The van der Waals surface area contributed by atoms with Crippen LogP contribution in [0.15, 0.2) is 24.5 Å². The van der Waals surface area contributed by atoms with Crippen LogP contribution in [0, 0.1) is 19.3 Å². The first kappa shape index (κ1) is 15.9. The molecule has 8 heteroatoms. The van der Waals surface area contributed by atoms with Crippen molar-refractivity contribution in [2.45, 2.75) is 13.8 Å². The summed E-state index contributed by atoms with van der Waals surface area (Å²) in [6.45, 7) is 10.2. The second kappa shape index (κ2) is 5.91. The summed E-state index contributed by atoms with van der Waals surface area (Å²) in [5.41, 5.74) is 0.951. The average Bonchev–Trinajstić information content (AvgIpc) is 2.87. The van der Waals surface area contributed by atoms with Crippen molar-refractivity contribution in [2.24, 2.45) is 0 Å². The van der Waals surface area contributed by atoms with Crippen LogP contribution in [-0.4, -0.2) is 20.4 Å². The summed E-state index contributed by atoms with van der Waals surface area (Å²) in [5, 5.41) is 0.166. The second-order valence-corrected chi connectivity index (χ2v) is 5.34. The molecular weight excluding hydrogens is 335 g/mol. The van der Waals surface area contributed by atoms with Gasteiger partial charge in [0.2, 0.25) is 11.8 Å². The summed E-state index contributed by atoms with van der Waals surface area (Å²) in [5.74, 6) is -1.12. The molecule has 120 valence electrons. The third-order valence-electron chi connectivity index (χ3n) is 3.45. The molecule has 0 aliphatic heterocycles. The van der Waals surface area contributed by atoms with Crippen LogP contribution >= 0.6 is 11.6 Å². The lowest BCUT2D eigenvalue weighted by Gasteiger charge is -2.09. The molecule has 0 aliphatic carbocycles. The standard InChI is InChI=1S/C16H10ClFN4O2/c1-8-6-10-11(22(8)9(2)23)4-5-12(13(10)18)24-16-14(19-3)15(17)20-7-21-16/h4-7H,1-2H3. The van der Waals surface area contributed by atoms with Gasteiger partial charge >= 0.3 is 0 Å². The summed E-state index contributed by atoms with van der Waals surface area (Å²) in [6, 6.07) is 4.50. The molecule has 0 bridgehead atoms. The highest BCUT2D eigenvalue weighted by Crippen LogP contribution is 2.37. The van der Waals surface area contributed by atoms with Crippen LogP contribution < -0.4 is 4.74 Å². The van der Waals surface area contributed by atoms with Gasteiger partial charge < -0.3 is 4.74 Å². The lowest BCUT2D eigenvalue weighted by molar-refractivity contribution is 0.0940. The molecule has 0 aliphatic rings. The summed E-state index contributed by atoms with van der Waals surface area (Å²) in [7, 11) is 0. The molecule has 2 aromatic heterocycles. The van der Waals surface area contributed by atoms with E-state index < -0.39 is 5.82 Å². The van der Waals surface area contributed by atoms with Gasteiger partial charge in [0.15, 0.2) is 11.6 Å². The first-order chi connectivity index (χ1) is 11.4. The van der Waals surface area contributed by atoms with Gasteiger partial charge in [0.25, 0.3) is 5.69 Å². The maximum absolute atomic E-state index is 14.7. The number of hydrogen-bond acceptors (Lipinski definition) is 4. The van der Waals surface area contributed by atoms with Crippen LogP contribution in [0.5, 0.6) is 11.6 Å². The Bertz CT molecular complexity index is 1020. The molecule has 3 aromatic rings. The van der Waals surface area contributed by atoms with Gasteiger partial charge in [-0.05, 0) is 25.1 Å². The fraction of sp³-hybridized carbons (Fsp3) is 0.125. The molecule has 0 saturated heterocycles. The van der Waals surface area contributed by atoms with Gasteiger partial charge in [-0.2, -0.15) is 0 Å². The zero-order valence-electron chi connectivity index (χ0n) is 12.7. The quantitative estimate of drug-likeness (QED) is 0.506. The van der Waals surface area contributed by atoms with Crippen LogP contribution in [0.2, 0.25) is 5.15 Å². The zero-order chi connectivity index (χ0) is 17.4. The number of aromatic nitrogens is 3. The van der Waals surface area contributed by atoms with Crippen molar-refractivity contribution < 1.29 is 13.9 Å². The van der Waals surface area contributed by atoms with Crippen molar-refractivity contribution in [2.75, 3.05) is 0 Å². The van der Waals surface area contributed by atoms with Crippen molar-refractivity contribution in [3.05, 3.63) is 52.6 Å². The molecule has 0 unspecified atom stereocenters. The maximum atomic E-state index is 14.7. The molecule has 0 N–H and O–H groups in total. The van der Waals surface area contributed by atoms with E-state index in [9.17, 15) is 9.18 Å². The van der Waals surface area contributed by atoms with E-state index in [1.54, 1.807) is 19.1 Å². The molecule has 0 atom stereocenters. The number of ether oxygens (including phenoxy) is 1. The van der Waals surface area contributed by atoms with Gasteiger partial charge in [-0.3, -0.25) is 9.36 Å². The number of benzene rings is 1. The first-order valence-corrected chi connectivity index (χ1v) is 7.19. The van der Waals surface area contributed by atoms with Crippen molar-refractivity contribution in [3.63, 3.8) is 0 Å². The van der Waals surface area contributed by atoms with E-state index in [-0.39, 0.29) is 33.8 Å². The highest BCUT2D eigenvalue weighted by atomic mass is 35.5. The molecule has 0 amide bonds. The van der Waals surface area contributed by atoms with E-state index in [0.29, 0.717) is 11.2 Å². The number of rotatable bonds is 2. The third-order valence-corrected chi connectivity index (χ3v) is 3.72. The molecule has 2 heterocycles. The van der Waals surface area contributed by atoms with Gasteiger partial charge in [-0.15, -0.1) is 0 Å². The lowest BCUT2D eigenvalue weighted by Crippen LogP contribution is -2.06. The SMILES string of the molecule is [C-]#[N+]c1c(Cl)ncnc1Oc1ccc2c(cc(C)n2C(C)=O)c1F. The molecule has 0 fully saturated rings. The van der Waals surface area contributed by atoms with Gasteiger partial charge in [-0.25, -0.2) is 19.2 Å². The molecule has 6 nitrogen and oxygen atoms in total. The number of fused-ring (bicyclic) bond motifs is 1. The lowest BCUT2D eigenvalue weighted by atomic mass is 10.2. The summed E-state index contributed by atoms with van der Waals surface area (Å²) in [6.07, 6.45) is 1.12. The minimum atomic E-state index is -0.652. The average molecular weight is 345 g/mol. The number of carbonyl (C=O) groups excluding carboxylic acids is 1. The topological polar surface area (TPSA) is 61.4 Å². The normalized spacial score (nSPS) is 10.6. The van der Waals surface area contributed by atoms with Gasteiger partial charge in [0.1, 0.15) is 11.5 Å². The van der Waals surface area contributed by atoms with E-state index >= 15 is 0 Å². The monoisotopic (exact) mass is 344 g/mol. The van der Waals surface area contributed by atoms with Crippen LogP contribution in [0.25, 0.3) is 15.7 Å². The molecule has 1 aromatic carbocycles. The van der Waals surface area contributed by atoms with Crippen molar-refractivity contribution in [1.29, 1.82) is 0 Å². The Kier molecular flexibility index (Phi) is 3.91. The van der Waals surface area contributed by atoms with E-state index in [2.05, 4.69) is 14.8 Å². The Balaban J connectivity index is 2.13. The van der Waals surface area contributed by atoms with E-state index in [0.717, 1.165) is 6.33 Å². The Morgan fingerprint density at radius 2 is 2.17 bits per heavy atom. The zero-order valence-corrected chi connectivity index (χ0v) is 13.4. The van der Waals surface area contributed by atoms with Gasteiger partial charge in [0, 0.05) is 18.0 Å². The molecule has 0 saturated carbocycles. The fourth-order valence-electron chi connectivity index (χ4n) is 2.47. The minimum Gasteiger partial charge on any atom is -0.446 e. The highest BCUT2D eigenvalue weighted by molar-refractivity contribution is 6.32. The predicted octanol–water partition coefficient (Wildman–Crippen LogP) is 4.54.